The van der Waals surface area contributed by atoms with Gasteiger partial charge in [-0.2, -0.15) is 0 Å². The zero-order valence-electron chi connectivity index (χ0n) is 9.38. The minimum atomic E-state index is -0.105. The SMILES string of the molecule is C#CC(CCC)NC(=O)[C@H]1CCCCN1. The van der Waals surface area contributed by atoms with Gasteiger partial charge in [-0.25, -0.2) is 0 Å². The zero-order valence-corrected chi connectivity index (χ0v) is 9.38. The van der Waals surface area contributed by atoms with Crippen LogP contribution in [0.3, 0.4) is 0 Å². The molecule has 2 atom stereocenters. The van der Waals surface area contributed by atoms with Crippen LogP contribution >= 0.6 is 0 Å². The number of hydrogen-bond acceptors (Lipinski definition) is 2. The lowest BCUT2D eigenvalue weighted by atomic mass is 10.0. The molecule has 3 nitrogen and oxygen atoms in total. The second-order valence-corrected chi connectivity index (χ2v) is 4.02. The van der Waals surface area contributed by atoms with Gasteiger partial charge in [0.1, 0.15) is 0 Å². The molecule has 0 aliphatic carbocycles. The summed E-state index contributed by atoms with van der Waals surface area (Å²) in [6.07, 6.45) is 10.4. The van der Waals surface area contributed by atoms with E-state index in [0.29, 0.717) is 0 Å². The highest BCUT2D eigenvalue weighted by Crippen LogP contribution is 2.07. The van der Waals surface area contributed by atoms with E-state index in [9.17, 15) is 4.79 Å². The predicted molar refractivity (Wildman–Crippen MR) is 61.3 cm³/mol. The molecular weight excluding hydrogens is 188 g/mol. The summed E-state index contributed by atoms with van der Waals surface area (Å²) in [5.74, 6) is 2.67. The molecule has 1 saturated heterocycles. The summed E-state index contributed by atoms with van der Waals surface area (Å²) in [4.78, 5) is 11.8. The molecule has 1 fully saturated rings. The van der Waals surface area contributed by atoms with Crippen molar-refractivity contribution >= 4 is 5.91 Å². The zero-order chi connectivity index (χ0) is 11.1. The molecular formula is C12H20N2O. The van der Waals surface area contributed by atoms with Crippen molar-refractivity contribution in [1.29, 1.82) is 0 Å². The molecule has 1 aliphatic heterocycles. The summed E-state index contributed by atoms with van der Waals surface area (Å²) in [5, 5.41) is 6.11. The topological polar surface area (TPSA) is 41.1 Å². The highest BCUT2D eigenvalue weighted by molar-refractivity contribution is 5.82. The minimum Gasteiger partial charge on any atom is -0.341 e. The monoisotopic (exact) mass is 208 g/mol. The Morgan fingerprint density at radius 2 is 2.47 bits per heavy atom. The van der Waals surface area contributed by atoms with Gasteiger partial charge in [0, 0.05) is 0 Å². The van der Waals surface area contributed by atoms with E-state index in [1.54, 1.807) is 0 Å². The molecule has 1 amide bonds. The Bertz CT molecular complexity index is 238. The Morgan fingerprint density at radius 1 is 1.67 bits per heavy atom. The molecule has 1 heterocycles. The van der Waals surface area contributed by atoms with E-state index >= 15 is 0 Å². The maximum absolute atomic E-state index is 11.8. The molecule has 0 radical (unpaired) electrons. The molecule has 84 valence electrons. The van der Waals surface area contributed by atoms with Crippen molar-refractivity contribution in [2.24, 2.45) is 0 Å². The van der Waals surface area contributed by atoms with E-state index in [1.165, 1.54) is 0 Å². The third kappa shape index (κ3) is 3.93. The van der Waals surface area contributed by atoms with Crippen LogP contribution in [0.15, 0.2) is 0 Å². The van der Waals surface area contributed by atoms with Crippen LogP contribution in [-0.4, -0.2) is 24.5 Å². The highest BCUT2D eigenvalue weighted by atomic mass is 16.2. The lowest BCUT2D eigenvalue weighted by Gasteiger charge is -2.24. The first-order valence-electron chi connectivity index (χ1n) is 5.77. The van der Waals surface area contributed by atoms with Crippen molar-refractivity contribution in [2.75, 3.05) is 6.54 Å². The van der Waals surface area contributed by atoms with Crippen LogP contribution in [0.25, 0.3) is 0 Å². The number of carbonyl (C=O) groups excluding carboxylic acids is 1. The largest absolute Gasteiger partial charge is 0.341 e. The van der Waals surface area contributed by atoms with E-state index < -0.39 is 0 Å². The second-order valence-electron chi connectivity index (χ2n) is 4.02. The van der Waals surface area contributed by atoms with E-state index in [4.69, 9.17) is 6.42 Å². The van der Waals surface area contributed by atoms with Crippen molar-refractivity contribution in [3.63, 3.8) is 0 Å². The van der Waals surface area contributed by atoms with Crippen LogP contribution in [0.4, 0.5) is 0 Å². The van der Waals surface area contributed by atoms with Crippen molar-refractivity contribution in [1.82, 2.24) is 10.6 Å². The number of carbonyl (C=O) groups is 1. The maximum atomic E-state index is 11.8. The fourth-order valence-corrected chi connectivity index (χ4v) is 1.83. The highest BCUT2D eigenvalue weighted by Gasteiger charge is 2.21. The molecule has 0 spiro atoms. The maximum Gasteiger partial charge on any atom is 0.238 e. The summed E-state index contributed by atoms with van der Waals surface area (Å²) in [5.41, 5.74) is 0. The molecule has 0 aromatic heterocycles. The molecule has 0 saturated carbocycles. The minimum absolute atomic E-state index is 0.0357. The molecule has 15 heavy (non-hydrogen) atoms. The second kappa shape index (κ2) is 6.47. The van der Waals surface area contributed by atoms with Gasteiger partial charge in [-0.15, -0.1) is 6.42 Å². The van der Waals surface area contributed by atoms with Gasteiger partial charge in [-0.05, 0) is 25.8 Å². The first-order valence-corrected chi connectivity index (χ1v) is 5.77. The van der Waals surface area contributed by atoms with E-state index in [-0.39, 0.29) is 18.0 Å². The first-order chi connectivity index (χ1) is 7.27. The van der Waals surface area contributed by atoms with Crippen molar-refractivity contribution in [3.8, 4) is 12.3 Å². The van der Waals surface area contributed by atoms with Gasteiger partial charge < -0.3 is 10.6 Å². The van der Waals surface area contributed by atoms with Gasteiger partial charge in [0.05, 0.1) is 12.1 Å². The van der Waals surface area contributed by atoms with Gasteiger partial charge >= 0.3 is 0 Å². The summed E-state index contributed by atoms with van der Waals surface area (Å²) < 4.78 is 0. The van der Waals surface area contributed by atoms with Crippen LogP contribution < -0.4 is 10.6 Å². The third-order valence-corrected chi connectivity index (χ3v) is 2.72. The summed E-state index contributed by atoms with van der Waals surface area (Å²) >= 11 is 0. The average molecular weight is 208 g/mol. The van der Waals surface area contributed by atoms with Crippen LogP contribution in [-0.2, 0) is 4.79 Å². The molecule has 1 rings (SSSR count). The third-order valence-electron chi connectivity index (χ3n) is 2.72. The van der Waals surface area contributed by atoms with Crippen LogP contribution in [0, 0.1) is 12.3 Å². The lowest BCUT2D eigenvalue weighted by molar-refractivity contribution is -0.124. The Balaban J connectivity index is 2.36. The lowest BCUT2D eigenvalue weighted by Crippen LogP contribution is -2.49. The fourth-order valence-electron chi connectivity index (χ4n) is 1.83. The van der Waals surface area contributed by atoms with Gasteiger partial charge in [-0.3, -0.25) is 4.79 Å². The van der Waals surface area contributed by atoms with Gasteiger partial charge in [-0.1, -0.05) is 25.7 Å². The standard InChI is InChI=1S/C12H20N2O/c1-3-7-10(4-2)14-12(15)11-8-5-6-9-13-11/h2,10-11,13H,3,5-9H2,1H3,(H,14,15)/t10?,11-/m1/s1. The Labute approximate surface area is 92.0 Å². The van der Waals surface area contributed by atoms with Gasteiger partial charge in [0.2, 0.25) is 5.91 Å². The number of amides is 1. The molecule has 3 heteroatoms. The molecule has 0 aromatic carbocycles. The number of terminal acetylenes is 1. The smallest absolute Gasteiger partial charge is 0.238 e. The number of rotatable bonds is 4. The van der Waals surface area contributed by atoms with Crippen LogP contribution in [0.5, 0.6) is 0 Å². The number of hydrogen-bond donors (Lipinski definition) is 2. The average Bonchev–Trinajstić information content (AvgIpc) is 2.29. The van der Waals surface area contributed by atoms with Crippen LogP contribution in [0.1, 0.15) is 39.0 Å². The normalized spacial score (nSPS) is 22.8. The summed E-state index contributed by atoms with van der Waals surface area (Å²) in [6, 6.07) is -0.141. The quantitative estimate of drug-likeness (QED) is 0.678. The van der Waals surface area contributed by atoms with E-state index in [0.717, 1.165) is 38.6 Å². The van der Waals surface area contributed by atoms with E-state index in [1.807, 2.05) is 0 Å². The molecule has 0 aromatic rings. The number of piperidine rings is 1. The Morgan fingerprint density at radius 3 is 3.00 bits per heavy atom. The Kier molecular flexibility index (Phi) is 5.20. The number of nitrogens with one attached hydrogen (secondary N) is 2. The van der Waals surface area contributed by atoms with E-state index in [2.05, 4.69) is 23.5 Å². The van der Waals surface area contributed by atoms with Crippen molar-refractivity contribution < 1.29 is 4.79 Å². The van der Waals surface area contributed by atoms with Gasteiger partial charge in [0.25, 0.3) is 0 Å². The summed E-state index contributed by atoms with van der Waals surface area (Å²) in [7, 11) is 0. The predicted octanol–water partition coefficient (Wildman–Crippen LogP) is 1.05. The Hall–Kier alpha value is -1.01. The molecule has 1 aliphatic rings. The molecule has 0 bridgehead atoms. The molecule has 2 N–H and O–H groups in total. The van der Waals surface area contributed by atoms with Gasteiger partial charge in [0.15, 0.2) is 0 Å². The fraction of sp³-hybridized carbons (Fsp3) is 0.750. The van der Waals surface area contributed by atoms with Crippen LogP contribution in [0.2, 0.25) is 0 Å². The molecule has 1 unspecified atom stereocenters. The first kappa shape index (κ1) is 12.1. The summed E-state index contributed by atoms with van der Waals surface area (Å²) in [6.45, 7) is 3.00. The van der Waals surface area contributed by atoms with Crippen molar-refractivity contribution in [2.45, 2.75) is 51.1 Å². The van der Waals surface area contributed by atoms with Crippen molar-refractivity contribution in [3.05, 3.63) is 0 Å².